The average molecular weight is 475 g/mol. The summed E-state index contributed by atoms with van der Waals surface area (Å²) in [5, 5.41) is 3.47. The van der Waals surface area contributed by atoms with Gasteiger partial charge >= 0.3 is 5.97 Å². The van der Waals surface area contributed by atoms with Gasteiger partial charge < -0.3 is 14.8 Å². The average Bonchev–Trinajstić information content (AvgIpc) is 2.62. The van der Waals surface area contributed by atoms with Crippen LogP contribution in [0.1, 0.15) is 11.5 Å². The highest BCUT2D eigenvalue weighted by Gasteiger charge is 2.40. The fraction of sp³-hybridized carbons (Fsp3) is 0.294. The number of ether oxygens (including phenoxy) is 2. The van der Waals surface area contributed by atoms with Gasteiger partial charge in [0.25, 0.3) is 0 Å². The Morgan fingerprint density at radius 3 is 2.84 bits per heavy atom. The van der Waals surface area contributed by atoms with Gasteiger partial charge in [-0.1, -0.05) is 22.0 Å². The third-order valence-electron chi connectivity index (χ3n) is 4.13. The molecule has 25 heavy (non-hydrogen) atoms. The smallest absolute Gasteiger partial charge is 0.336 e. The van der Waals surface area contributed by atoms with Crippen molar-refractivity contribution in [1.29, 1.82) is 0 Å². The number of dihydropyridines is 1. The quantitative estimate of drug-likeness (QED) is 0.539. The van der Waals surface area contributed by atoms with E-state index in [4.69, 9.17) is 9.47 Å². The molecule has 5 nitrogen and oxygen atoms in total. The van der Waals surface area contributed by atoms with E-state index in [-0.39, 0.29) is 23.5 Å². The summed E-state index contributed by atoms with van der Waals surface area (Å²) in [5.74, 6) is -1.83. The number of hydrogen-bond acceptors (Lipinski definition) is 5. The minimum atomic E-state index is -0.649. The SMILES string of the molecule is COC(=O)C1=C(CBr)NC2=C(C(=O)COC2)C1c1ccc(F)c(Br)c1. The van der Waals surface area contributed by atoms with E-state index in [9.17, 15) is 14.0 Å². The van der Waals surface area contributed by atoms with E-state index < -0.39 is 17.7 Å². The second-order valence-corrected chi connectivity index (χ2v) is 6.97. The van der Waals surface area contributed by atoms with Crippen LogP contribution in [0.4, 0.5) is 4.39 Å². The lowest BCUT2D eigenvalue weighted by atomic mass is 9.78. The number of esters is 1. The monoisotopic (exact) mass is 473 g/mol. The van der Waals surface area contributed by atoms with Crippen molar-refractivity contribution in [2.24, 2.45) is 0 Å². The standard InChI is InChI=1S/C17H14Br2FNO4/c1-24-17(23)16-11(5-18)21-12-6-25-7-13(22)15(12)14(16)8-2-3-10(20)9(19)4-8/h2-4,14,21H,5-7H2,1H3. The number of ketones is 1. The fourth-order valence-corrected chi connectivity index (χ4v) is 3.90. The highest BCUT2D eigenvalue weighted by atomic mass is 79.9. The van der Waals surface area contributed by atoms with Crippen LogP contribution in [-0.2, 0) is 19.1 Å². The van der Waals surface area contributed by atoms with Crippen LogP contribution in [0.2, 0.25) is 0 Å². The molecular formula is C17H14Br2FNO4. The van der Waals surface area contributed by atoms with Gasteiger partial charge in [0, 0.05) is 28.2 Å². The number of Topliss-reactive ketones (excluding diaryl/α,β-unsaturated/α-hetero) is 1. The van der Waals surface area contributed by atoms with Crippen molar-refractivity contribution in [2.75, 3.05) is 25.7 Å². The van der Waals surface area contributed by atoms with Crippen LogP contribution in [0.15, 0.2) is 45.2 Å². The number of allylic oxidation sites excluding steroid dienone is 1. The van der Waals surface area contributed by atoms with E-state index in [1.165, 1.54) is 13.2 Å². The Balaban J connectivity index is 2.24. The first-order valence-corrected chi connectivity index (χ1v) is 9.32. The van der Waals surface area contributed by atoms with E-state index in [0.29, 0.717) is 33.4 Å². The summed E-state index contributed by atoms with van der Waals surface area (Å²) in [6.07, 6.45) is 0. The maximum atomic E-state index is 13.7. The van der Waals surface area contributed by atoms with Gasteiger partial charge in [-0.05, 0) is 33.6 Å². The third kappa shape index (κ3) is 3.30. The summed E-state index contributed by atoms with van der Waals surface area (Å²) in [5.41, 5.74) is 2.61. The van der Waals surface area contributed by atoms with E-state index in [1.54, 1.807) is 12.1 Å². The first-order chi connectivity index (χ1) is 12.0. The lowest BCUT2D eigenvalue weighted by Gasteiger charge is -2.34. The van der Waals surface area contributed by atoms with Crippen molar-refractivity contribution >= 4 is 43.6 Å². The van der Waals surface area contributed by atoms with Gasteiger partial charge in [-0.3, -0.25) is 4.79 Å². The number of carbonyl (C=O) groups excluding carboxylic acids is 2. The first-order valence-electron chi connectivity index (χ1n) is 7.41. The lowest BCUT2D eigenvalue weighted by Crippen LogP contribution is -2.39. The number of hydrogen-bond donors (Lipinski definition) is 1. The Hall–Kier alpha value is -1.51. The molecule has 0 aromatic heterocycles. The van der Waals surface area contributed by atoms with Gasteiger partial charge in [0.05, 0.1) is 23.8 Å². The van der Waals surface area contributed by atoms with Crippen LogP contribution < -0.4 is 5.32 Å². The summed E-state index contributed by atoms with van der Waals surface area (Å²) >= 11 is 6.53. The summed E-state index contributed by atoms with van der Waals surface area (Å²) in [4.78, 5) is 25.0. The Bertz CT molecular complexity index is 819. The van der Waals surface area contributed by atoms with Crippen molar-refractivity contribution in [3.05, 3.63) is 56.6 Å². The fourth-order valence-electron chi connectivity index (χ4n) is 3.06. The highest BCUT2D eigenvalue weighted by Crippen LogP contribution is 2.41. The normalized spacial score (nSPS) is 20.3. The molecule has 0 bridgehead atoms. The molecule has 2 aliphatic rings. The molecule has 0 saturated heterocycles. The molecule has 1 N–H and O–H groups in total. The van der Waals surface area contributed by atoms with Gasteiger partial charge in [0.1, 0.15) is 12.4 Å². The number of nitrogens with one attached hydrogen (secondary N) is 1. The zero-order chi connectivity index (χ0) is 18.1. The lowest BCUT2D eigenvalue weighted by molar-refractivity contribution is -0.136. The number of carbonyl (C=O) groups is 2. The van der Waals surface area contributed by atoms with Gasteiger partial charge in [-0.25, -0.2) is 9.18 Å². The summed E-state index contributed by atoms with van der Waals surface area (Å²) < 4.78 is 24.2. The number of benzene rings is 1. The zero-order valence-electron chi connectivity index (χ0n) is 13.2. The molecule has 1 atom stereocenters. The van der Waals surface area contributed by atoms with E-state index in [0.717, 1.165) is 0 Å². The van der Waals surface area contributed by atoms with Gasteiger partial charge in [-0.15, -0.1) is 0 Å². The molecule has 0 aliphatic carbocycles. The molecule has 0 amide bonds. The van der Waals surface area contributed by atoms with Crippen LogP contribution in [0.3, 0.4) is 0 Å². The molecule has 1 aromatic carbocycles. The molecule has 1 aromatic rings. The number of rotatable bonds is 3. The zero-order valence-corrected chi connectivity index (χ0v) is 16.4. The number of halogens is 3. The molecule has 8 heteroatoms. The Morgan fingerprint density at radius 2 is 2.20 bits per heavy atom. The predicted octanol–water partition coefficient (Wildman–Crippen LogP) is 2.95. The van der Waals surface area contributed by atoms with Gasteiger partial charge in [0.2, 0.25) is 0 Å². The maximum Gasteiger partial charge on any atom is 0.336 e. The molecule has 0 fully saturated rings. The second-order valence-electron chi connectivity index (χ2n) is 5.56. The van der Waals surface area contributed by atoms with Crippen LogP contribution in [0.25, 0.3) is 0 Å². The Labute approximate surface area is 160 Å². The molecule has 132 valence electrons. The molecule has 2 heterocycles. The molecule has 2 aliphatic heterocycles. The largest absolute Gasteiger partial charge is 0.466 e. The number of methoxy groups -OCH3 is 1. The van der Waals surface area contributed by atoms with Crippen molar-refractivity contribution in [3.8, 4) is 0 Å². The van der Waals surface area contributed by atoms with Crippen LogP contribution >= 0.6 is 31.9 Å². The molecule has 3 rings (SSSR count). The van der Waals surface area contributed by atoms with Crippen LogP contribution in [0.5, 0.6) is 0 Å². The van der Waals surface area contributed by atoms with Gasteiger partial charge in [0.15, 0.2) is 5.78 Å². The molecule has 0 saturated carbocycles. The van der Waals surface area contributed by atoms with Crippen molar-refractivity contribution in [1.82, 2.24) is 5.32 Å². The Kier molecular flexibility index (Phi) is 5.41. The predicted molar refractivity (Wildman–Crippen MR) is 95.7 cm³/mol. The van der Waals surface area contributed by atoms with Crippen LogP contribution in [-0.4, -0.2) is 37.4 Å². The molecule has 0 spiro atoms. The van der Waals surface area contributed by atoms with E-state index in [1.807, 2.05) is 0 Å². The molecular weight excluding hydrogens is 461 g/mol. The van der Waals surface area contributed by atoms with Gasteiger partial charge in [-0.2, -0.15) is 0 Å². The first kappa shape index (κ1) is 18.3. The van der Waals surface area contributed by atoms with E-state index in [2.05, 4.69) is 37.2 Å². The second kappa shape index (κ2) is 7.39. The van der Waals surface area contributed by atoms with Crippen molar-refractivity contribution in [3.63, 3.8) is 0 Å². The van der Waals surface area contributed by atoms with Crippen molar-refractivity contribution in [2.45, 2.75) is 5.92 Å². The summed E-state index contributed by atoms with van der Waals surface area (Å²) in [6.45, 7) is 0.183. The minimum Gasteiger partial charge on any atom is -0.466 e. The third-order valence-corrected chi connectivity index (χ3v) is 5.29. The van der Waals surface area contributed by atoms with Crippen LogP contribution in [0, 0.1) is 5.82 Å². The highest BCUT2D eigenvalue weighted by molar-refractivity contribution is 9.10. The Morgan fingerprint density at radius 1 is 1.44 bits per heavy atom. The molecule has 0 radical (unpaired) electrons. The van der Waals surface area contributed by atoms with Crippen molar-refractivity contribution < 1.29 is 23.5 Å². The topological polar surface area (TPSA) is 64.6 Å². The summed E-state index contributed by atoms with van der Waals surface area (Å²) in [7, 11) is 1.29. The summed E-state index contributed by atoms with van der Waals surface area (Å²) in [6, 6.07) is 4.44. The molecule has 1 unspecified atom stereocenters. The minimum absolute atomic E-state index is 0.0581. The number of alkyl halides is 1. The van der Waals surface area contributed by atoms with E-state index >= 15 is 0 Å². The maximum absolute atomic E-state index is 13.7.